The van der Waals surface area contributed by atoms with Gasteiger partial charge in [0.2, 0.25) is 0 Å². The van der Waals surface area contributed by atoms with Gasteiger partial charge in [0.25, 0.3) is 5.91 Å². The molecule has 1 aromatic heterocycles. The molecule has 116 valence electrons. The number of hydrogen-bond acceptors (Lipinski definition) is 3. The Morgan fingerprint density at radius 1 is 1.48 bits per heavy atom. The fourth-order valence-electron chi connectivity index (χ4n) is 2.57. The van der Waals surface area contributed by atoms with Gasteiger partial charge in [0.1, 0.15) is 5.15 Å². The molecule has 1 amide bonds. The summed E-state index contributed by atoms with van der Waals surface area (Å²) in [5.74, 6) is 0.140. The molecule has 2 heterocycles. The van der Waals surface area contributed by atoms with Crippen molar-refractivity contribution >= 4 is 17.5 Å². The quantitative estimate of drug-likeness (QED) is 0.869. The van der Waals surface area contributed by atoms with Crippen molar-refractivity contribution < 1.29 is 9.53 Å². The van der Waals surface area contributed by atoms with E-state index in [0.29, 0.717) is 17.3 Å². The molecule has 0 bridgehead atoms. The highest BCUT2D eigenvalue weighted by molar-refractivity contribution is 6.29. The summed E-state index contributed by atoms with van der Waals surface area (Å²) in [7, 11) is 0. The van der Waals surface area contributed by atoms with Crippen LogP contribution in [0.1, 0.15) is 62.5 Å². The Hall–Kier alpha value is -1.13. The minimum atomic E-state index is -0.185. The minimum Gasteiger partial charge on any atom is -0.375 e. The Bertz CT molecular complexity index is 529. The van der Waals surface area contributed by atoms with Gasteiger partial charge in [-0.15, -0.1) is 0 Å². The van der Waals surface area contributed by atoms with Crippen molar-refractivity contribution in [2.75, 3.05) is 6.61 Å². The minimum absolute atomic E-state index is 0.0936. The van der Waals surface area contributed by atoms with Crippen LogP contribution in [-0.4, -0.2) is 29.1 Å². The van der Waals surface area contributed by atoms with Crippen molar-refractivity contribution in [2.24, 2.45) is 0 Å². The van der Waals surface area contributed by atoms with Crippen LogP contribution in [-0.2, 0) is 4.74 Å². The molecule has 0 aromatic carbocycles. The van der Waals surface area contributed by atoms with Crippen LogP contribution in [0, 0.1) is 0 Å². The third-order valence-electron chi connectivity index (χ3n) is 3.70. The number of ether oxygens (including phenoxy) is 1. The largest absolute Gasteiger partial charge is 0.375 e. The lowest BCUT2D eigenvalue weighted by molar-refractivity contribution is -0.0615. The summed E-state index contributed by atoms with van der Waals surface area (Å²) in [6.07, 6.45) is 1.65. The first-order valence-corrected chi connectivity index (χ1v) is 7.77. The molecule has 4 nitrogen and oxygen atoms in total. The fourth-order valence-corrected chi connectivity index (χ4v) is 2.78. The molecule has 1 aromatic rings. The van der Waals surface area contributed by atoms with Crippen LogP contribution in [0.5, 0.6) is 0 Å². The van der Waals surface area contributed by atoms with E-state index in [4.69, 9.17) is 16.3 Å². The number of amides is 1. The first-order chi connectivity index (χ1) is 9.77. The van der Waals surface area contributed by atoms with Crippen LogP contribution >= 0.6 is 11.6 Å². The maximum atomic E-state index is 12.4. The maximum Gasteiger partial charge on any atom is 0.251 e. The topological polar surface area (TPSA) is 51.2 Å². The van der Waals surface area contributed by atoms with Crippen molar-refractivity contribution in [1.29, 1.82) is 0 Å². The summed E-state index contributed by atoms with van der Waals surface area (Å²) in [6.45, 7) is 8.83. The number of nitrogens with zero attached hydrogens (tertiary/aromatic N) is 1. The normalized spacial score (nSPS) is 21.3. The molecule has 1 atom stereocenters. The molecule has 1 aliphatic rings. The van der Waals surface area contributed by atoms with Crippen LogP contribution < -0.4 is 5.32 Å². The molecule has 0 saturated carbocycles. The monoisotopic (exact) mass is 310 g/mol. The lowest BCUT2D eigenvalue weighted by Crippen LogP contribution is -2.45. The maximum absolute atomic E-state index is 12.4. The van der Waals surface area contributed by atoms with Gasteiger partial charge in [0.05, 0.1) is 5.60 Å². The van der Waals surface area contributed by atoms with Gasteiger partial charge in [0.15, 0.2) is 0 Å². The predicted octanol–water partition coefficient (Wildman–Crippen LogP) is 3.55. The van der Waals surface area contributed by atoms with Crippen LogP contribution in [0.3, 0.4) is 0 Å². The number of halogens is 1. The molecule has 1 fully saturated rings. The molecular weight excluding hydrogens is 288 g/mol. The summed E-state index contributed by atoms with van der Waals surface area (Å²) >= 11 is 6.02. The van der Waals surface area contributed by atoms with Gasteiger partial charge in [-0.3, -0.25) is 4.79 Å². The van der Waals surface area contributed by atoms with Crippen LogP contribution in [0.4, 0.5) is 0 Å². The van der Waals surface area contributed by atoms with Gasteiger partial charge < -0.3 is 10.1 Å². The zero-order valence-electron chi connectivity index (χ0n) is 13.1. The summed E-state index contributed by atoms with van der Waals surface area (Å²) < 4.78 is 5.67. The average Bonchev–Trinajstić information content (AvgIpc) is 2.36. The summed E-state index contributed by atoms with van der Waals surface area (Å²) in [5.41, 5.74) is 1.22. The highest BCUT2D eigenvalue weighted by atomic mass is 35.5. The van der Waals surface area contributed by atoms with Crippen LogP contribution in [0.15, 0.2) is 12.1 Å². The van der Waals surface area contributed by atoms with Crippen molar-refractivity contribution in [3.05, 3.63) is 28.5 Å². The Labute approximate surface area is 131 Å². The van der Waals surface area contributed by atoms with Crippen LogP contribution in [0.25, 0.3) is 0 Å². The highest BCUT2D eigenvalue weighted by Crippen LogP contribution is 2.24. The number of carbonyl (C=O) groups is 1. The molecule has 1 saturated heterocycles. The molecule has 1 N–H and O–H groups in total. The van der Waals surface area contributed by atoms with Crippen molar-refractivity contribution in [2.45, 2.75) is 58.1 Å². The Morgan fingerprint density at radius 2 is 2.19 bits per heavy atom. The van der Waals surface area contributed by atoms with Gasteiger partial charge in [-0.25, -0.2) is 4.98 Å². The second kappa shape index (κ2) is 6.32. The van der Waals surface area contributed by atoms with Crippen molar-refractivity contribution in [3.63, 3.8) is 0 Å². The lowest BCUT2D eigenvalue weighted by Gasteiger charge is -2.35. The lowest BCUT2D eigenvalue weighted by atomic mass is 9.93. The number of carbonyl (C=O) groups excluding carboxylic acids is 1. The number of pyridine rings is 1. The van der Waals surface area contributed by atoms with Gasteiger partial charge in [-0.2, -0.15) is 0 Å². The van der Waals surface area contributed by atoms with Gasteiger partial charge in [0, 0.05) is 23.9 Å². The number of rotatable bonds is 3. The van der Waals surface area contributed by atoms with E-state index in [2.05, 4.69) is 10.3 Å². The van der Waals surface area contributed by atoms with E-state index in [1.54, 1.807) is 6.07 Å². The van der Waals surface area contributed by atoms with E-state index < -0.39 is 0 Å². The summed E-state index contributed by atoms with van der Waals surface area (Å²) in [6, 6.07) is 3.57. The predicted molar refractivity (Wildman–Crippen MR) is 83.9 cm³/mol. The summed E-state index contributed by atoms with van der Waals surface area (Å²) in [4.78, 5) is 16.7. The Morgan fingerprint density at radius 3 is 2.81 bits per heavy atom. The van der Waals surface area contributed by atoms with Gasteiger partial charge >= 0.3 is 0 Å². The first kappa shape index (κ1) is 16.2. The number of hydrogen-bond donors (Lipinski definition) is 1. The molecule has 0 spiro atoms. The first-order valence-electron chi connectivity index (χ1n) is 7.39. The third kappa shape index (κ3) is 4.42. The van der Waals surface area contributed by atoms with E-state index in [1.165, 1.54) is 0 Å². The standard InChI is InChI=1S/C16H23ClN2O2/c1-10(2)13-7-11(8-14(17)19-13)15(20)18-12-5-6-21-16(3,4)9-12/h7-8,10,12H,5-6,9H2,1-4H3,(H,18,20). The molecule has 0 radical (unpaired) electrons. The van der Waals surface area contributed by atoms with Gasteiger partial charge in [-0.05, 0) is 44.7 Å². The van der Waals surface area contributed by atoms with E-state index in [9.17, 15) is 4.79 Å². The van der Waals surface area contributed by atoms with E-state index >= 15 is 0 Å². The van der Waals surface area contributed by atoms with Crippen molar-refractivity contribution in [3.8, 4) is 0 Å². The third-order valence-corrected chi connectivity index (χ3v) is 3.89. The van der Waals surface area contributed by atoms with Gasteiger partial charge in [-0.1, -0.05) is 25.4 Å². The Kier molecular flexibility index (Phi) is 4.89. The SMILES string of the molecule is CC(C)c1cc(C(=O)NC2CCOC(C)(C)C2)cc(Cl)n1. The zero-order valence-corrected chi connectivity index (χ0v) is 13.8. The fraction of sp³-hybridized carbons (Fsp3) is 0.625. The smallest absolute Gasteiger partial charge is 0.251 e. The molecule has 1 aliphatic heterocycles. The van der Waals surface area contributed by atoms with E-state index in [-0.39, 0.29) is 23.5 Å². The number of aromatic nitrogens is 1. The molecular formula is C16H23ClN2O2. The molecule has 0 aliphatic carbocycles. The molecule has 21 heavy (non-hydrogen) atoms. The molecule has 5 heteroatoms. The highest BCUT2D eigenvalue weighted by Gasteiger charge is 2.29. The van der Waals surface area contributed by atoms with Crippen LogP contribution in [0.2, 0.25) is 5.15 Å². The molecule has 1 unspecified atom stereocenters. The molecule has 2 rings (SSSR count). The average molecular weight is 311 g/mol. The summed E-state index contributed by atoms with van der Waals surface area (Å²) in [5, 5.41) is 3.44. The van der Waals surface area contributed by atoms with E-state index in [1.807, 2.05) is 33.8 Å². The zero-order chi connectivity index (χ0) is 15.6. The second-order valence-corrected chi connectivity index (χ2v) is 6.92. The van der Waals surface area contributed by atoms with Crippen molar-refractivity contribution in [1.82, 2.24) is 10.3 Å². The van der Waals surface area contributed by atoms with E-state index in [0.717, 1.165) is 18.5 Å². The second-order valence-electron chi connectivity index (χ2n) is 6.53. The number of nitrogens with one attached hydrogen (secondary N) is 1. The Balaban J connectivity index is 2.10.